The second-order valence-electron chi connectivity index (χ2n) is 9.23. The number of anilines is 2. The Morgan fingerprint density at radius 1 is 0.972 bits per heavy atom. The van der Waals surface area contributed by atoms with Crippen molar-refractivity contribution in [1.29, 1.82) is 0 Å². The molecule has 9 heteroatoms. The number of benzene rings is 2. The fourth-order valence-electron chi connectivity index (χ4n) is 4.96. The van der Waals surface area contributed by atoms with E-state index in [4.69, 9.17) is 9.15 Å². The summed E-state index contributed by atoms with van der Waals surface area (Å²) < 4.78 is 11.2. The minimum atomic E-state index is -0.103. The van der Waals surface area contributed by atoms with E-state index in [2.05, 4.69) is 31.4 Å². The molecule has 0 spiro atoms. The first-order valence-electron chi connectivity index (χ1n) is 12.8. The molecular formula is C27H33N5O3S. The lowest BCUT2D eigenvalue weighted by Crippen LogP contribution is -2.51. The van der Waals surface area contributed by atoms with Crippen LogP contribution in [0.3, 0.4) is 0 Å². The summed E-state index contributed by atoms with van der Waals surface area (Å²) in [4.78, 5) is 17.8. The van der Waals surface area contributed by atoms with Gasteiger partial charge in [0.1, 0.15) is 5.75 Å². The van der Waals surface area contributed by atoms with Crippen molar-refractivity contribution in [2.45, 2.75) is 50.0 Å². The third kappa shape index (κ3) is 6.59. The van der Waals surface area contributed by atoms with Gasteiger partial charge >= 0.3 is 0 Å². The molecule has 1 aromatic heterocycles. The quantitative estimate of drug-likeness (QED) is 0.412. The summed E-state index contributed by atoms with van der Waals surface area (Å²) in [5.41, 5.74) is 1.92. The Labute approximate surface area is 216 Å². The molecule has 1 saturated heterocycles. The van der Waals surface area contributed by atoms with Crippen LogP contribution in [0.5, 0.6) is 5.75 Å². The topological polar surface area (TPSA) is 83.7 Å². The molecule has 2 fully saturated rings. The van der Waals surface area contributed by atoms with Gasteiger partial charge in [-0.25, -0.2) is 0 Å². The van der Waals surface area contributed by atoms with Crippen LogP contribution in [-0.4, -0.2) is 59.0 Å². The van der Waals surface area contributed by atoms with E-state index < -0.39 is 0 Å². The number of aromatic nitrogens is 2. The molecule has 36 heavy (non-hydrogen) atoms. The largest absolute Gasteiger partial charge is 0.484 e. The van der Waals surface area contributed by atoms with Gasteiger partial charge in [-0.3, -0.25) is 9.69 Å². The number of nitrogens with zero attached hydrogens (tertiary/aromatic N) is 4. The summed E-state index contributed by atoms with van der Waals surface area (Å²) >= 11 is 1.22. The third-order valence-electron chi connectivity index (χ3n) is 6.80. The highest BCUT2D eigenvalue weighted by atomic mass is 32.2. The minimum Gasteiger partial charge on any atom is -0.484 e. The normalized spacial score (nSPS) is 17.2. The highest BCUT2D eigenvalue weighted by Gasteiger charge is 2.26. The van der Waals surface area contributed by atoms with Crippen molar-refractivity contribution < 1.29 is 13.9 Å². The first-order valence-corrected chi connectivity index (χ1v) is 13.7. The summed E-state index contributed by atoms with van der Waals surface area (Å²) in [5.74, 6) is 1.19. The smallest absolute Gasteiger partial charge is 0.277 e. The van der Waals surface area contributed by atoms with E-state index in [9.17, 15) is 4.79 Å². The van der Waals surface area contributed by atoms with Crippen LogP contribution in [0.1, 0.15) is 38.0 Å². The summed E-state index contributed by atoms with van der Waals surface area (Å²) in [7, 11) is 0. The highest BCUT2D eigenvalue weighted by Crippen LogP contribution is 2.29. The Bertz CT molecular complexity index is 1110. The number of carbonyl (C=O) groups excluding carboxylic acids is 1. The molecule has 0 radical (unpaired) electrons. The molecule has 2 aromatic carbocycles. The lowest BCUT2D eigenvalue weighted by Gasteiger charge is -2.42. The van der Waals surface area contributed by atoms with Crippen molar-refractivity contribution in [2.24, 2.45) is 0 Å². The van der Waals surface area contributed by atoms with Crippen molar-refractivity contribution in [3.8, 4) is 5.75 Å². The second kappa shape index (κ2) is 12.3. The van der Waals surface area contributed by atoms with E-state index in [1.807, 2.05) is 48.5 Å². The zero-order chi connectivity index (χ0) is 24.6. The van der Waals surface area contributed by atoms with Crippen molar-refractivity contribution in [1.82, 2.24) is 15.1 Å². The Balaban J connectivity index is 1.10. The molecular weight excluding hydrogens is 474 g/mol. The predicted octanol–water partition coefficient (Wildman–Crippen LogP) is 4.83. The average Bonchev–Trinajstić information content (AvgIpc) is 3.40. The van der Waals surface area contributed by atoms with Gasteiger partial charge < -0.3 is 19.4 Å². The number of nitrogens with one attached hydrogen (secondary N) is 1. The SMILES string of the molecule is O=C(CSc1nnc(COc2ccccc2)o1)Nc1ccccc1N1CCN(C2CCCCC2)CC1. The molecule has 5 rings (SSSR count). The third-order valence-corrected chi connectivity index (χ3v) is 7.62. The van der Waals surface area contributed by atoms with Crippen LogP contribution in [0.15, 0.2) is 64.2 Å². The molecule has 1 aliphatic carbocycles. The van der Waals surface area contributed by atoms with Gasteiger partial charge in [-0.05, 0) is 37.1 Å². The Kier molecular flexibility index (Phi) is 8.40. The van der Waals surface area contributed by atoms with E-state index >= 15 is 0 Å². The highest BCUT2D eigenvalue weighted by molar-refractivity contribution is 7.99. The number of amides is 1. The fourth-order valence-corrected chi connectivity index (χ4v) is 5.54. The molecule has 2 heterocycles. The summed E-state index contributed by atoms with van der Waals surface area (Å²) in [6, 6.07) is 18.3. The zero-order valence-electron chi connectivity index (χ0n) is 20.5. The van der Waals surface area contributed by atoms with E-state index in [-0.39, 0.29) is 18.3 Å². The van der Waals surface area contributed by atoms with Gasteiger partial charge in [0.2, 0.25) is 5.91 Å². The van der Waals surface area contributed by atoms with E-state index in [1.54, 1.807) is 0 Å². The van der Waals surface area contributed by atoms with Crippen molar-refractivity contribution in [3.63, 3.8) is 0 Å². The van der Waals surface area contributed by atoms with Crippen molar-refractivity contribution in [3.05, 3.63) is 60.5 Å². The number of rotatable bonds is 9. The molecule has 1 N–H and O–H groups in total. The maximum atomic E-state index is 12.7. The first-order chi connectivity index (χ1) is 17.7. The van der Waals surface area contributed by atoms with Crippen LogP contribution in [-0.2, 0) is 11.4 Å². The predicted molar refractivity (Wildman–Crippen MR) is 142 cm³/mol. The first kappa shape index (κ1) is 24.6. The number of piperazine rings is 1. The maximum absolute atomic E-state index is 12.7. The Hall–Kier alpha value is -3.04. The van der Waals surface area contributed by atoms with Gasteiger partial charge in [0.05, 0.1) is 17.1 Å². The number of hydrogen-bond donors (Lipinski definition) is 1. The molecule has 1 amide bonds. The van der Waals surface area contributed by atoms with Gasteiger partial charge in [-0.15, -0.1) is 10.2 Å². The van der Waals surface area contributed by atoms with Crippen LogP contribution >= 0.6 is 11.8 Å². The van der Waals surface area contributed by atoms with Crippen molar-refractivity contribution in [2.75, 3.05) is 42.1 Å². The van der Waals surface area contributed by atoms with Crippen LogP contribution < -0.4 is 15.0 Å². The molecule has 1 aliphatic heterocycles. The molecule has 2 aliphatic rings. The van der Waals surface area contributed by atoms with Gasteiger partial charge in [-0.2, -0.15) is 0 Å². The van der Waals surface area contributed by atoms with Crippen LogP contribution in [0.2, 0.25) is 0 Å². The lowest BCUT2D eigenvalue weighted by atomic mass is 9.94. The zero-order valence-corrected chi connectivity index (χ0v) is 21.3. The number of para-hydroxylation sites is 3. The molecule has 1 saturated carbocycles. The maximum Gasteiger partial charge on any atom is 0.277 e. The van der Waals surface area contributed by atoms with Gasteiger partial charge in [-0.1, -0.05) is 61.4 Å². The molecule has 0 atom stereocenters. The Morgan fingerprint density at radius 3 is 2.53 bits per heavy atom. The Morgan fingerprint density at radius 2 is 1.72 bits per heavy atom. The second-order valence-corrected chi connectivity index (χ2v) is 10.2. The van der Waals surface area contributed by atoms with Gasteiger partial charge in [0.25, 0.3) is 11.1 Å². The molecule has 0 bridgehead atoms. The van der Waals surface area contributed by atoms with E-state index in [0.717, 1.165) is 49.3 Å². The van der Waals surface area contributed by atoms with Gasteiger partial charge in [0.15, 0.2) is 6.61 Å². The minimum absolute atomic E-state index is 0.103. The van der Waals surface area contributed by atoms with Gasteiger partial charge in [0, 0.05) is 32.2 Å². The molecule has 8 nitrogen and oxygen atoms in total. The number of hydrogen-bond acceptors (Lipinski definition) is 8. The molecule has 190 valence electrons. The summed E-state index contributed by atoms with van der Waals surface area (Å²) in [6.07, 6.45) is 6.80. The summed E-state index contributed by atoms with van der Waals surface area (Å²) in [6.45, 7) is 4.31. The number of carbonyl (C=O) groups is 1. The lowest BCUT2D eigenvalue weighted by molar-refractivity contribution is -0.113. The van der Waals surface area contributed by atoms with Crippen LogP contribution in [0.25, 0.3) is 0 Å². The fraction of sp³-hybridized carbons (Fsp3) is 0.444. The number of ether oxygens (including phenoxy) is 1. The van der Waals surface area contributed by atoms with Crippen LogP contribution in [0.4, 0.5) is 11.4 Å². The van der Waals surface area contributed by atoms with Crippen LogP contribution in [0, 0.1) is 0 Å². The molecule has 3 aromatic rings. The molecule has 0 unspecified atom stereocenters. The van der Waals surface area contributed by atoms with E-state index in [0.29, 0.717) is 11.1 Å². The monoisotopic (exact) mass is 507 g/mol. The standard InChI is InChI=1S/C27H33N5O3S/c33-25(20-36-27-30-29-26(35-27)19-34-22-11-5-2-6-12-22)28-23-13-7-8-14-24(23)32-17-15-31(16-18-32)21-9-3-1-4-10-21/h2,5-8,11-14,21H,1,3-4,9-10,15-20H2,(H,28,33). The summed E-state index contributed by atoms with van der Waals surface area (Å²) in [5, 5.41) is 11.4. The van der Waals surface area contributed by atoms with E-state index in [1.165, 1.54) is 43.9 Å². The average molecular weight is 508 g/mol. The number of thioether (sulfide) groups is 1. The van der Waals surface area contributed by atoms with Crippen molar-refractivity contribution >= 4 is 29.0 Å².